The summed E-state index contributed by atoms with van der Waals surface area (Å²) in [6.45, 7) is 1.29. The molecular formula is C28H23F3N2O4. The number of aromatic nitrogens is 2. The van der Waals surface area contributed by atoms with Gasteiger partial charge in [-0.1, -0.05) is 18.2 Å². The zero-order valence-corrected chi connectivity index (χ0v) is 20.1. The number of halogens is 3. The molecule has 0 N–H and O–H groups in total. The molecule has 0 fully saturated rings. The van der Waals surface area contributed by atoms with Crippen molar-refractivity contribution in [3.8, 4) is 5.75 Å². The van der Waals surface area contributed by atoms with Crippen LogP contribution in [0.5, 0.6) is 5.75 Å². The number of benzene rings is 2. The van der Waals surface area contributed by atoms with Crippen LogP contribution in [0.25, 0.3) is 5.65 Å². The van der Waals surface area contributed by atoms with E-state index in [-0.39, 0.29) is 42.2 Å². The molecule has 1 aliphatic rings. The first-order valence-corrected chi connectivity index (χ1v) is 11.7. The van der Waals surface area contributed by atoms with Crippen molar-refractivity contribution in [2.24, 2.45) is 5.92 Å². The van der Waals surface area contributed by atoms with Crippen molar-refractivity contribution >= 4 is 17.4 Å². The number of esters is 1. The van der Waals surface area contributed by atoms with E-state index in [0.717, 1.165) is 12.1 Å². The lowest BCUT2D eigenvalue weighted by molar-refractivity contribution is -0.145. The molecule has 0 saturated carbocycles. The summed E-state index contributed by atoms with van der Waals surface area (Å²) in [5.74, 6) is -3.90. The first-order chi connectivity index (χ1) is 17.8. The fourth-order valence-electron chi connectivity index (χ4n) is 5.12. The molecule has 2 atom stereocenters. The fourth-order valence-corrected chi connectivity index (χ4v) is 5.12. The minimum Gasteiger partial charge on any atom is -0.485 e. The number of Topliss-reactive ketones (excluding diaryl/α,β-unsaturated/α-hetero) is 1. The minimum atomic E-state index is -0.730. The van der Waals surface area contributed by atoms with Crippen molar-refractivity contribution < 1.29 is 32.2 Å². The molecule has 2 aromatic heterocycles. The number of rotatable bonds is 7. The van der Waals surface area contributed by atoms with E-state index in [2.05, 4.69) is 4.98 Å². The van der Waals surface area contributed by atoms with Crippen molar-refractivity contribution in [3.63, 3.8) is 0 Å². The summed E-state index contributed by atoms with van der Waals surface area (Å²) in [4.78, 5) is 30.5. The first-order valence-electron chi connectivity index (χ1n) is 11.7. The highest BCUT2D eigenvalue weighted by molar-refractivity contribution is 5.97. The number of imidazole rings is 1. The molecule has 0 radical (unpaired) electrons. The number of aryl methyl sites for hydroxylation is 1. The Kier molecular flexibility index (Phi) is 6.45. The standard InChI is InChI=1S/C28H23F3N2O4/c1-15-26(23(34)13-17-18(28(35)36-2)12-16-6-3-9-22(31)25(16)17)33-11-5-10-24(27(33)32-15)37-14-19-20(29)7-4-8-21(19)30/h3-11,17-18H,12-14H2,1-2H3/t17-,18+/m0/s1. The molecule has 9 heteroatoms. The van der Waals surface area contributed by atoms with Gasteiger partial charge in [0.25, 0.3) is 0 Å². The topological polar surface area (TPSA) is 69.9 Å². The van der Waals surface area contributed by atoms with Crippen LogP contribution < -0.4 is 4.74 Å². The van der Waals surface area contributed by atoms with Crippen LogP contribution >= 0.6 is 0 Å². The Morgan fingerprint density at radius 2 is 1.73 bits per heavy atom. The summed E-state index contributed by atoms with van der Waals surface area (Å²) >= 11 is 0. The van der Waals surface area contributed by atoms with Gasteiger partial charge < -0.3 is 9.47 Å². The number of hydrogen-bond donors (Lipinski definition) is 0. The highest BCUT2D eigenvalue weighted by Crippen LogP contribution is 2.43. The molecule has 5 rings (SSSR count). The summed E-state index contributed by atoms with van der Waals surface area (Å²) in [5, 5.41) is 0. The normalized spacial score (nSPS) is 16.6. The number of carbonyl (C=O) groups excluding carboxylic acids is 2. The van der Waals surface area contributed by atoms with E-state index < -0.39 is 35.3 Å². The molecule has 0 bridgehead atoms. The summed E-state index contributed by atoms with van der Waals surface area (Å²) in [6, 6.07) is 11.4. The van der Waals surface area contributed by atoms with E-state index in [0.29, 0.717) is 22.5 Å². The average molecular weight is 508 g/mol. The van der Waals surface area contributed by atoms with Crippen LogP contribution in [0.3, 0.4) is 0 Å². The Morgan fingerprint density at radius 1 is 1.03 bits per heavy atom. The zero-order valence-electron chi connectivity index (χ0n) is 20.1. The van der Waals surface area contributed by atoms with Crippen molar-refractivity contribution in [3.05, 3.63) is 100 Å². The maximum absolute atomic E-state index is 14.8. The second-order valence-corrected chi connectivity index (χ2v) is 8.98. The lowest BCUT2D eigenvalue weighted by Crippen LogP contribution is -2.23. The Morgan fingerprint density at radius 3 is 2.46 bits per heavy atom. The summed E-state index contributed by atoms with van der Waals surface area (Å²) in [7, 11) is 1.27. The maximum Gasteiger partial charge on any atom is 0.309 e. The molecule has 0 amide bonds. The fraction of sp³-hybridized carbons (Fsp3) is 0.250. The Labute approximate surface area is 210 Å². The van der Waals surface area contributed by atoms with Gasteiger partial charge in [-0.3, -0.25) is 14.0 Å². The second kappa shape index (κ2) is 9.72. The van der Waals surface area contributed by atoms with Gasteiger partial charge in [0, 0.05) is 18.5 Å². The molecule has 1 aliphatic carbocycles. The number of fused-ring (bicyclic) bond motifs is 2. The Hall–Kier alpha value is -4.14. The Bertz CT molecular complexity index is 1510. The number of ketones is 1. The predicted molar refractivity (Wildman–Crippen MR) is 128 cm³/mol. The molecule has 0 unspecified atom stereocenters. The number of ether oxygens (including phenoxy) is 2. The molecule has 0 spiro atoms. The lowest BCUT2D eigenvalue weighted by atomic mass is 9.87. The van der Waals surface area contributed by atoms with Crippen LogP contribution in [0.1, 0.15) is 45.2 Å². The smallest absolute Gasteiger partial charge is 0.309 e. The molecular weight excluding hydrogens is 485 g/mol. The molecule has 37 heavy (non-hydrogen) atoms. The largest absolute Gasteiger partial charge is 0.485 e. The van der Waals surface area contributed by atoms with Gasteiger partial charge in [-0.2, -0.15) is 0 Å². The van der Waals surface area contributed by atoms with Crippen LogP contribution in [0.15, 0.2) is 54.7 Å². The number of nitrogens with zero attached hydrogens (tertiary/aromatic N) is 2. The zero-order chi connectivity index (χ0) is 26.3. The lowest BCUT2D eigenvalue weighted by Gasteiger charge is -2.18. The van der Waals surface area contributed by atoms with Gasteiger partial charge in [-0.15, -0.1) is 0 Å². The molecule has 2 heterocycles. The van der Waals surface area contributed by atoms with Crippen LogP contribution in [0.2, 0.25) is 0 Å². The van der Waals surface area contributed by atoms with E-state index in [1.807, 2.05) is 0 Å². The van der Waals surface area contributed by atoms with Crippen LogP contribution in [0.4, 0.5) is 13.2 Å². The van der Waals surface area contributed by atoms with E-state index >= 15 is 0 Å². The number of methoxy groups -OCH3 is 1. The quantitative estimate of drug-likeness (QED) is 0.249. The second-order valence-electron chi connectivity index (χ2n) is 8.98. The number of hydrogen-bond acceptors (Lipinski definition) is 5. The van der Waals surface area contributed by atoms with Crippen LogP contribution in [-0.2, 0) is 22.6 Å². The predicted octanol–water partition coefficient (Wildman–Crippen LogP) is 5.34. The van der Waals surface area contributed by atoms with Gasteiger partial charge in [0.05, 0.1) is 24.3 Å². The number of pyridine rings is 1. The molecule has 190 valence electrons. The van der Waals surface area contributed by atoms with Gasteiger partial charge in [0.1, 0.15) is 29.8 Å². The highest BCUT2D eigenvalue weighted by atomic mass is 19.1. The third-order valence-corrected chi connectivity index (χ3v) is 6.84. The summed E-state index contributed by atoms with van der Waals surface area (Å²) in [6.07, 6.45) is 1.78. The Balaban J connectivity index is 1.46. The van der Waals surface area contributed by atoms with Gasteiger partial charge in [-0.25, -0.2) is 18.2 Å². The molecule has 4 aromatic rings. The van der Waals surface area contributed by atoms with Gasteiger partial charge in [-0.05, 0) is 54.8 Å². The van der Waals surface area contributed by atoms with Crippen LogP contribution in [0, 0.1) is 30.3 Å². The number of carbonyl (C=O) groups is 2. The molecule has 6 nitrogen and oxygen atoms in total. The first kappa shape index (κ1) is 24.5. The monoisotopic (exact) mass is 508 g/mol. The van der Waals surface area contributed by atoms with Gasteiger partial charge in [0.15, 0.2) is 17.2 Å². The van der Waals surface area contributed by atoms with Crippen molar-refractivity contribution in [2.75, 3.05) is 7.11 Å². The third kappa shape index (κ3) is 4.34. The third-order valence-electron chi connectivity index (χ3n) is 6.84. The molecule has 2 aromatic carbocycles. The molecule has 0 saturated heterocycles. The average Bonchev–Trinajstić information content (AvgIpc) is 3.41. The summed E-state index contributed by atoms with van der Waals surface area (Å²) < 4.78 is 55.0. The van der Waals surface area contributed by atoms with Gasteiger partial charge >= 0.3 is 5.97 Å². The summed E-state index contributed by atoms with van der Waals surface area (Å²) in [5.41, 5.74) is 1.76. The highest BCUT2D eigenvalue weighted by Gasteiger charge is 2.41. The van der Waals surface area contributed by atoms with Gasteiger partial charge in [0.2, 0.25) is 0 Å². The van der Waals surface area contributed by atoms with Crippen molar-refractivity contribution in [1.82, 2.24) is 9.38 Å². The SMILES string of the molecule is COC(=O)[C@@H]1Cc2cccc(F)c2[C@H]1CC(=O)c1c(C)nc2c(OCc3c(F)cccc3F)cccn12. The minimum absolute atomic E-state index is 0.131. The van der Waals surface area contributed by atoms with E-state index in [1.165, 1.54) is 23.6 Å². The van der Waals surface area contributed by atoms with Crippen molar-refractivity contribution in [1.29, 1.82) is 0 Å². The maximum atomic E-state index is 14.8. The van der Waals surface area contributed by atoms with Crippen LogP contribution in [-0.4, -0.2) is 28.2 Å². The molecule has 0 aliphatic heterocycles. The van der Waals surface area contributed by atoms with E-state index in [9.17, 15) is 22.8 Å². The van der Waals surface area contributed by atoms with E-state index in [1.54, 1.807) is 37.4 Å². The van der Waals surface area contributed by atoms with E-state index in [4.69, 9.17) is 9.47 Å². The van der Waals surface area contributed by atoms with Crippen molar-refractivity contribution in [2.45, 2.75) is 32.3 Å².